The lowest BCUT2D eigenvalue weighted by atomic mass is 9.76. The van der Waals surface area contributed by atoms with Crippen LogP contribution in [0, 0.1) is 18.8 Å². The first-order valence-electron chi connectivity index (χ1n) is 7.61. The third-order valence-electron chi connectivity index (χ3n) is 4.64. The van der Waals surface area contributed by atoms with Crippen molar-refractivity contribution in [1.82, 2.24) is 0 Å². The van der Waals surface area contributed by atoms with Gasteiger partial charge in [-0.15, -0.1) is 0 Å². The molecule has 6 heteroatoms. The number of rotatable bonds is 3. The van der Waals surface area contributed by atoms with Crippen LogP contribution in [-0.4, -0.2) is 12.6 Å². The zero-order valence-corrected chi connectivity index (χ0v) is 12.8. The van der Waals surface area contributed by atoms with Crippen molar-refractivity contribution in [2.24, 2.45) is 17.0 Å². The lowest BCUT2D eigenvalue weighted by Gasteiger charge is -2.36. The van der Waals surface area contributed by atoms with Crippen molar-refractivity contribution in [3.05, 3.63) is 43.8 Å². The maximum Gasteiger partial charge on any atom is 0.346 e. The average molecular weight is 301 g/mol. The molecule has 116 valence electrons. The summed E-state index contributed by atoms with van der Waals surface area (Å²) in [6, 6.07) is 1.77. The van der Waals surface area contributed by atoms with E-state index in [0.717, 1.165) is 24.8 Å². The quantitative estimate of drug-likeness (QED) is 0.482. The highest BCUT2D eigenvalue weighted by atomic mass is 16.5. The second-order valence-electron chi connectivity index (χ2n) is 6.17. The SMILES string of the molecule is Cc1cc2c(c(=O)o1)C=C1CC[C@H](C(C)CN=[N+]=[N-])C[C@@H]1O2. The predicted molar refractivity (Wildman–Crippen MR) is 82.6 cm³/mol. The molecule has 1 saturated carbocycles. The van der Waals surface area contributed by atoms with Crippen molar-refractivity contribution >= 4 is 6.08 Å². The Morgan fingerprint density at radius 2 is 2.36 bits per heavy atom. The number of aryl methyl sites for hydroxylation is 1. The molecule has 1 aliphatic heterocycles. The number of hydrogen-bond acceptors (Lipinski definition) is 4. The van der Waals surface area contributed by atoms with Crippen LogP contribution in [0.25, 0.3) is 16.5 Å². The van der Waals surface area contributed by atoms with Gasteiger partial charge >= 0.3 is 5.63 Å². The third kappa shape index (κ3) is 2.74. The summed E-state index contributed by atoms with van der Waals surface area (Å²) in [4.78, 5) is 14.8. The molecule has 1 aromatic heterocycles. The van der Waals surface area contributed by atoms with Crippen LogP contribution in [0.2, 0.25) is 0 Å². The fourth-order valence-corrected chi connectivity index (χ4v) is 3.34. The molecule has 2 heterocycles. The van der Waals surface area contributed by atoms with Crippen LogP contribution in [0.5, 0.6) is 5.75 Å². The van der Waals surface area contributed by atoms with Gasteiger partial charge in [0, 0.05) is 17.5 Å². The normalized spacial score (nSPS) is 24.2. The van der Waals surface area contributed by atoms with Crippen molar-refractivity contribution < 1.29 is 9.15 Å². The Labute approximate surface area is 128 Å². The Morgan fingerprint density at radius 3 is 3.14 bits per heavy atom. The van der Waals surface area contributed by atoms with E-state index in [2.05, 4.69) is 16.9 Å². The third-order valence-corrected chi connectivity index (χ3v) is 4.64. The zero-order chi connectivity index (χ0) is 15.7. The van der Waals surface area contributed by atoms with Crippen molar-refractivity contribution in [3.63, 3.8) is 0 Å². The van der Waals surface area contributed by atoms with Crippen LogP contribution >= 0.6 is 0 Å². The predicted octanol–water partition coefficient (Wildman–Crippen LogP) is 3.84. The number of hydrogen-bond donors (Lipinski definition) is 0. The van der Waals surface area contributed by atoms with Gasteiger partial charge in [-0.3, -0.25) is 0 Å². The molecule has 22 heavy (non-hydrogen) atoms. The first kappa shape index (κ1) is 14.7. The molecule has 0 spiro atoms. The van der Waals surface area contributed by atoms with Crippen molar-refractivity contribution in [1.29, 1.82) is 0 Å². The number of azide groups is 1. The largest absolute Gasteiger partial charge is 0.485 e. The van der Waals surface area contributed by atoms with E-state index in [1.54, 1.807) is 13.0 Å². The number of nitrogens with zero attached hydrogens (tertiary/aromatic N) is 3. The van der Waals surface area contributed by atoms with E-state index in [-0.39, 0.29) is 11.7 Å². The Morgan fingerprint density at radius 1 is 1.55 bits per heavy atom. The standard InChI is InChI=1S/C16H19N3O3/c1-9(8-18-19-17)11-3-4-12-6-13-15(22-14(12)7-11)5-10(2)21-16(13)20/h5-6,9,11,14H,3-4,7-8H2,1-2H3/t9?,11-,14-/m0/s1. The molecule has 0 saturated heterocycles. The van der Waals surface area contributed by atoms with Crippen LogP contribution in [0.4, 0.5) is 0 Å². The maximum atomic E-state index is 11.9. The van der Waals surface area contributed by atoms with Gasteiger partial charge in [-0.25, -0.2) is 4.79 Å². The van der Waals surface area contributed by atoms with Crippen LogP contribution in [0.3, 0.4) is 0 Å². The summed E-state index contributed by atoms with van der Waals surface area (Å²) in [5.74, 6) is 1.98. The zero-order valence-electron chi connectivity index (χ0n) is 12.8. The van der Waals surface area contributed by atoms with E-state index in [9.17, 15) is 4.79 Å². The summed E-state index contributed by atoms with van der Waals surface area (Å²) in [6.45, 7) is 4.38. The summed E-state index contributed by atoms with van der Waals surface area (Å²) in [6.07, 6.45) is 4.78. The summed E-state index contributed by atoms with van der Waals surface area (Å²) in [5.41, 5.74) is 9.80. The molecule has 3 atom stereocenters. The van der Waals surface area contributed by atoms with E-state index in [0.29, 0.717) is 35.5 Å². The smallest absolute Gasteiger partial charge is 0.346 e. The minimum absolute atomic E-state index is 0.0148. The molecule has 1 aliphatic carbocycles. The van der Waals surface area contributed by atoms with Gasteiger partial charge in [-0.1, -0.05) is 12.0 Å². The molecule has 1 unspecified atom stereocenters. The Balaban J connectivity index is 1.81. The second kappa shape index (κ2) is 5.89. The minimum atomic E-state index is -0.334. The van der Waals surface area contributed by atoms with Gasteiger partial charge in [0.15, 0.2) is 0 Å². The van der Waals surface area contributed by atoms with Gasteiger partial charge in [0.05, 0.1) is 0 Å². The molecule has 2 aliphatic rings. The fraction of sp³-hybridized carbons (Fsp3) is 0.562. The highest BCUT2D eigenvalue weighted by Crippen LogP contribution is 2.40. The van der Waals surface area contributed by atoms with Gasteiger partial charge in [0.2, 0.25) is 0 Å². The van der Waals surface area contributed by atoms with Gasteiger partial charge in [-0.2, -0.15) is 0 Å². The molecule has 0 bridgehead atoms. The molecule has 0 N–H and O–H groups in total. The van der Waals surface area contributed by atoms with Gasteiger partial charge in [0.25, 0.3) is 0 Å². The summed E-state index contributed by atoms with van der Waals surface area (Å²) < 4.78 is 11.2. The topological polar surface area (TPSA) is 88.2 Å². The van der Waals surface area contributed by atoms with E-state index < -0.39 is 0 Å². The van der Waals surface area contributed by atoms with E-state index in [1.807, 2.05) is 6.08 Å². The molecule has 0 radical (unpaired) electrons. The molecule has 0 amide bonds. The van der Waals surface area contributed by atoms with Crippen molar-refractivity contribution in [2.75, 3.05) is 6.54 Å². The highest BCUT2D eigenvalue weighted by molar-refractivity contribution is 5.62. The first-order valence-corrected chi connectivity index (χ1v) is 7.61. The summed E-state index contributed by atoms with van der Waals surface area (Å²) >= 11 is 0. The highest BCUT2D eigenvalue weighted by Gasteiger charge is 2.33. The van der Waals surface area contributed by atoms with Crippen molar-refractivity contribution in [2.45, 2.75) is 39.2 Å². The summed E-state index contributed by atoms with van der Waals surface area (Å²) in [7, 11) is 0. The summed E-state index contributed by atoms with van der Waals surface area (Å²) in [5, 5.41) is 3.68. The van der Waals surface area contributed by atoms with Crippen LogP contribution in [0.15, 0.2) is 26.0 Å². The lowest BCUT2D eigenvalue weighted by Crippen LogP contribution is -2.34. The number of fused-ring (bicyclic) bond motifs is 2. The molecule has 0 aromatic carbocycles. The van der Waals surface area contributed by atoms with Gasteiger partial charge in [0.1, 0.15) is 23.2 Å². The Kier molecular flexibility index (Phi) is 3.94. The lowest BCUT2D eigenvalue weighted by molar-refractivity contribution is 0.143. The van der Waals surface area contributed by atoms with Crippen LogP contribution < -0.4 is 10.4 Å². The maximum absolute atomic E-state index is 11.9. The first-order chi connectivity index (χ1) is 10.6. The molecular weight excluding hydrogens is 282 g/mol. The molecule has 1 fully saturated rings. The van der Waals surface area contributed by atoms with Crippen LogP contribution in [0.1, 0.15) is 37.5 Å². The Bertz CT molecular complexity index is 716. The van der Waals surface area contributed by atoms with E-state index in [4.69, 9.17) is 14.7 Å². The van der Waals surface area contributed by atoms with Crippen molar-refractivity contribution in [3.8, 4) is 5.75 Å². The average Bonchev–Trinajstić information content (AvgIpc) is 2.50. The van der Waals surface area contributed by atoms with Gasteiger partial charge < -0.3 is 9.15 Å². The molecular formula is C16H19N3O3. The second-order valence-corrected chi connectivity index (χ2v) is 6.17. The monoisotopic (exact) mass is 301 g/mol. The minimum Gasteiger partial charge on any atom is -0.485 e. The van der Waals surface area contributed by atoms with E-state index in [1.165, 1.54) is 0 Å². The van der Waals surface area contributed by atoms with Gasteiger partial charge in [-0.05, 0) is 55.2 Å². The molecule has 1 aromatic rings. The molecule has 3 rings (SSSR count). The molecule has 6 nitrogen and oxygen atoms in total. The van der Waals surface area contributed by atoms with E-state index >= 15 is 0 Å². The van der Waals surface area contributed by atoms with Crippen LogP contribution in [-0.2, 0) is 0 Å². The fourth-order valence-electron chi connectivity index (χ4n) is 3.34. The number of ether oxygens (including phenoxy) is 1. The Hall–Kier alpha value is -2.20.